The van der Waals surface area contributed by atoms with E-state index in [1.54, 1.807) is 16.7 Å². The summed E-state index contributed by atoms with van der Waals surface area (Å²) in [4.78, 5) is 28.5. The molecule has 2 aromatic carbocycles. The molecule has 0 aliphatic carbocycles. The molecule has 7 heteroatoms. The Hall–Kier alpha value is -3.63. The van der Waals surface area contributed by atoms with E-state index in [1.165, 1.54) is 10.6 Å². The molecule has 4 rings (SSSR count). The summed E-state index contributed by atoms with van der Waals surface area (Å²) in [5.74, 6) is 0.558. The molecule has 0 bridgehead atoms. The van der Waals surface area contributed by atoms with Crippen LogP contribution < -0.4 is 21.9 Å². The maximum atomic E-state index is 13.5. The van der Waals surface area contributed by atoms with E-state index in [9.17, 15) is 14.9 Å². The van der Waals surface area contributed by atoms with Crippen molar-refractivity contribution in [2.45, 2.75) is 32.0 Å². The molecule has 7 nitrogen and oxygen atoms in total. The lowest BCUT2D eigenvalue weighted by molar-refractivity contribution is 0.490. The number of anilines is 1. The molecule has 1 aliphatic heterocycles. The Bertz CT molecular complexity index is 1220. The van der Waals surface area contributed by atoms with Crippen molar-refractivity contribution in [3.05, 3.63) is 98.2 Å². The Morgan fingerprint density at radius 1 is 1.00 bits per heavy atom. The van der Waals surface area contributed by atoms with Crippen molar-refractivity contribution >= 4 is 5.82 Å². The van der Waals surface area contributed by atoms with Crippen molar-refractivity contribution in [3.8, 4) is 6.07 Å². The normalized spacial score (nSPS) is 16.1. The summed E-state index contributed by atoms with van der Waals surface area (Å²) in [6.07, 6.45) is 1.82. The molecule has 2 N–H and O–H groups in total. The fourth-order valence-corrected chi connectivity index (χ4v) is 4.08. The molecule has 158 valence electrons. The number of hydrogen-bond acceptors (Lipinski definition) is 5. The predicted molar refractivity (Wildman–Crippen MR) is 120 cm³/mol. The van der Waals surface area contributed by atoms with Crippen molar-refractivity contribution in [2.75, 3.05) is 18.0 Å². The van der Waals surface area contributed by atoms with Crippen LogP contribution in [0.25, 0.3) is 0 Å². The van der Waals surface area contributed by atoms with Crippen LogP contribution in [0.3, 0.4) is 0 Å². The van der Waals surface area contributed by atoms with Gasteiger partial charge in [-0.25, -0.2) is 4.79 Å². The van der Waals surface area contributed by atoms with Gasteiger partial charge in [-0.1, -0.05) is 48.5 Å². The zero-order valence-electron chi connectivity index (χ0n) is 17.3. The van der Waals surface area contributed by atoms with E-state index < -0.39 is 5.69 Å². The SMILES string of the molecule is N#Cc1ccccc1Cn1c(N2CCC[C@@H](N)C2)cc(=O)n(Cc2ccccc2)c1=O. The summed E-state index contributed by atoms with van der Waals surface area (Å²) >= 11 is 0. The minimum Gasteiger partial charge on any atom is -0.356 e. The second-order valence-corrected chi connectivity index (χ2v) is 7.90. The quantitative estimate of drug-likeness (QED) is 0.687. The van der Waals surface area contributed by atoms with Crippen LogP contribution in [-0.4, -0.2) is 28.3 Å². The topological polar surface area (TPSA) is 97.1 Å². The summed E-state index contributed by atoms with van der Waals surface area (Å²) in [7, 11) is 0. The third kappa shape index (κ3) is 4.44. The van der Waals surface area contributed by atoms with Gasteiger partial charge in [-0.15, -0.1) is 0 Å². The minimum atomic E-state index is -0.391. The summed E-state index contributed by atoms with van der Waals surface area (Å²) < 4.78 is 2.84. The largest absolute Gasteiger partial charge is 0.356 e. The second-order valence-electron chi connectivity index (χ2n) is 7.90. The minimum absolute atomic E-state index is 0.00422. The van der Waals surface area contributed by atoms with Crippen LogP contribution in [0.5, 0.6) is 0 Å². The van der Waals surface area contributed by atoms with Crippen LogP contribution in [0.15, 0.2) is 70.3 Å². The van der Waals surface area contributed by atoms with Crippen LogP contribution in [0, 0.1) is 11.3 Å². The lowest BCUT2D eigenvalue weighted by Crippen LogP contribution is -2.48. The van der Waals surface area contributed by atoms with E-state index in [-0.39, 0.29) is 24.7 Å². The number of aromatic nitrogens is 2. The van der Waals surface area contributed by atoms with Crippen LogP contribution in [-0.2, 0) is 13.1 Å². The Labute approximate surface area is 180 Å². The second kappa shape index (κ2) is 9.02. The maximum Gasteiger partial charge on any atom is 0.333 e. The number of hydrogen-bond donors (Lipinski definition) is 1. The Kier molecular flexibility index (Phi) is 6.01. The predicted octanol–water partition coefficient (Wildman–Crippen LogP) is 1.91. The highest BCUT2D eigenvalue weighted by atomic mass is 16.2. The zero-order chi connectivity index (χ0) is 21.8. The van der Waals surface area contributed by atoms with Gasteiger partial charge < -0.3 is 10.6 Å². The molecular formula is C24H25N5O2. The molecule has 1 aliphatic rings. The number of rotatable bonds is 5. The van der Waals surface area contributed by atoms with Crippen molar-refractivity contribution in [2.24, 2.45) is 5.73 Å². The molecule has 1 fully saturated rings. The first-order valence-electron chi connectivity index (χ1n) is 10.4. The molecule has 0 unspecified atom stereocenters. The van der Waals surface area contributed by atoms with Crippen LogP contribution in [0.2, 0.25) is 0 Å². The maximum absolute atomic E-state index is 13.5. The summed E-state index contributed by atoms with van der Waals surface area (Å²) in [5, 5.41) is 9.49. The molecule has 2 heterocycles. The highest BCUT2D eigenvalue weighted by molar-refractivity contribution is 5.43. The fraction of sp³-hybridized carbons (Fsp3) is 0.292. The monoisotopic (exact) mass is 415 g/mol. The highest BCUT2D eigenvalue weighted by Gasteiger charge is 2.22. The number of benzene rings is 2. The summed E-state index contributed by atoms with van der Waals surface area (Å²) in [5.41, 5.74) is 7.55. The Morgan fingerprint density at radius 3 is 2.48 bits per heavy atom. The fourth-order valence-electron chi connectivity index (χ4n) is 4.08. The third-order valence-corrected chi connectivity index (χ3v) is 5.69. The van der Waals surface area contributed by atoms with Crippen LogP contribution in [0.1, 0.15) is 29.5 Å². The summed E-state index contributed by atoms with van der Waals surface area (Å²) in [6.45, 7) is 1.72. The van der Waals surface area contributed by atoms with Crippen LogP contribution >= 0.6 is 0 Å². The van der Waals surface area contributed by atoms with Gasteiger partial charge in [-0.05, 0) is 30.0 Å². The van der Waals surface area contributed by atoms with Gasteiger partial charge in [0.05, 0.1) is 24.7 Å². The molecule has 1 saturated heterocycles. The van der Waals surface area contributed by atoms with Gasteiger partial charge in [0.15, 0.2) is 0 Å². The van der Waals surface area contributed by atoms with Crippen molar-refractivity contribution < 1.29 is 0 Å². The van der Waals surface area contributed by atoms with E-state index in [4.69, 9.17) is 5.73 Å². The van der Waals surface area contributed by atoms with Gasteiger partial charge in [-0.3, -0.25) is 13.9 Å². The summed E-state index contributed by atoms with van der Waals surface area (Å²) in [6, 6.07) is 20.4. The standard InChI is InChI=1S/C24H25N5O2/c25-14-19-9-4-5-10-20(19)16-28-22(27-12-6-11-21(26)17-27)13-23(30)29(24(28)31)15-18-7-2-1-3-8-18/h1-5,7-10,13,21H,6,11-12,15-17,26H2/t21-/m1/s1. The first-order chi connectivity index (χ1) is 15.1. The molecular weight excluding hydrogens is 390 g/mol. The smallest absolute Gasteiger partial charge is 0.333 e. The van der Waals surface area contributed by atoms with Gasteiger partial charge in [0.25, 0.3) is 5.56 Å². The van der Waals surface area contributed by atoms with Crippen molar-refractivity contribution in [1.82, 2.24) is 9.13 Å². The van der Waals surface area contributed by atoms with Crippen molar-refractivity contribution in [1.29, 1.82) is 5.26 Å². The Morgan fingerprint density at radius 2 is 1.74 bits per heavy atom. The zero-order valence-corrected chi connectivity index (χ0v) is 17.3. The van der Waals surface area contributed by atoms with E-state index in [2.05, 4.69) is 6.07 Å². The average Bonchev–Trinajstić information content (AvgIpc) is 2.79. The van der Waals surface area contributed by atoms with Gasteiger partial charge >= 0.3 is 5.69 Å². The van der Waals surface area contributed by atoms with E-state index in [0.717, 1.165) is 30.5 Å². The molecule has 0 amide bonds. The highest BCUT2D eigenvalue weighted by Crippen LogP contribution is 2.19. The van der Waals surface area contributed by atoms with E-state index in [1.807, 2.05) is 47.4 Å². The van der Waals surface area contributed by atoms with Gasteiger partial charge in [0.2, 0.25) is 0 Å². The van der Waals surface area contributed by atoms with Crippen molar-refractivity contribution in [3.63, 3.8) is 0 Å². The number of nitriles is 1. The lowest BCUT2D eigenvalue weighted by atomic mass is 10.1. The van der Waals surface area contributed by atoms with E-state index >= 15 is 0 Å². The first kappa shape index (κ1) is 20.6. The van der Waals surface area contributed by atoms with Gasteiger partial charge in [-0.2, -0.15) is 5.26 Å². The first-order valence-corrected chi connectivity index (χ1v) is 10.4. The molecule has 0 saturated carbocycles. The average molecular weight is 415 g/mol. The Balaban J connectivity index is 1.84. The number of nitrogens with two attached hydrogens (primary N) is 1. The van der Waals surface area contributed by atoms with Gasteiger partial charge in [0.1, 0.15) is 5.82 Å². The van der Waals surface area contributed by atoms with E-state index in [0.29, 0.717) is 17.9 Å². The molecule has 31 heavy (non-hydrogen) atoms. The molecule has 1 atom stereocenters. The van der Waals surface area contributed by atoms with Crippen LogP contribution in [0.4, 0.5) is 5.82 Å². The number of piperidine rings is 1. The molecule has 1 aromatic heterocycles. The molecule has 0 radical (unpaired) electrons. The molecule has 0 spiro atoms. The number of nitrogens with zero attached hydrogens (tertiary/aromatic N) is 4. The third-order valence-electron chi connectivity index (χ3n) is 5.69. The van der Waals surface area contributed by atoms with Gasteiger partial charge in [0, 0.05) is 25.2 Å². The lowest BCUT2D eigenvalue weighted by Gasteiger charge is -2.34. The molecule has 3 aromatic rings.